The van der Waals surface area contributed by atoms with Gasteiger partial charge in [-0.3, -0.25) is 0 Å². The highest BCUT2D eigenvalue weighted by molar-refractivity contribution is 7.89. The van der Waals surface area contributed by atoms with E-state index in [-0.39, 0.29) is 10.8 Å². The van der Waals surface area contributed by atoms with Crippen LogP contribution in [0.1, 0.15) is 30.7 Å². The molecule has 0 spiro atoms. The van der Waals surface area contributed by atoms with Crippen molar-refractivity contribution in [2.24, 2.45) is 0 Å². The van der Waals surface area contributed by atoms with Gasteiger partial charge in [-0.05, 0) is 48.6 Å². The molecule has 1 aliphatic rings. The Hall–Kier alpha value is -2.25. The molecule has 152 valence electrons. The molecule has 1 atom stereocenters. The van der Waals surface area contributed by atoms with Gasteiger partial charge in [0.15, 0.2) is 11.5 Å². The largest absolute Gasteiger partial charge is 0.497 e. The van der Waals surface area contributed by atoms with E-state index in [1.54, 1.807) is 23.5 Å². The van der Waals surface area contributed by atoms with Crippen LogP contribution in [0.15, 0.2) is 47.4 Å². The van der Waals surface area contributed by atoms with Crippen LogP contribution in [0, 0.1) is 0 Å². The van der Waals surface area contributed by atoms with E-state index in [0.29, 0.717) is 24.6 Å². The topological polar surface area (TPSA) is 65.1 Å². The number of ether oxygens (including phenoxy) is 3. The van der Waals surface area contributed by atoms with Crippen molar-refractivity contribution in [2.75, 3.05) is 34.4 Å². The van der Waals surface area contributed by atoms with Gasteiger partial charge in [-0.25, -0.2) is 8.42 Å². The van der Waals surface area contributed by atoms with Gasteiger partial charge in [0.05, 0.1) is 26.2 Å². The molecule has 1 saturated heterocycles. The average Bonchev–Trinajstić information content (AvgIpc) is 3.00. The van der Waals surface area contributed by atoms with Gasteiger partial charge in [-0.1, -0.05) is 18.6 Å². The van der Waals surface area contributed by atoms with Crippen molar-refractivity contribution in [3.05, 3.63) is 48.0 Å². The Kier molecular flexibility index (Phi) is 6.46. The maximum absolute atomic E-state index is 13.3. The van der Waals surface area contributed by atoms with Crippen molar-refractivity contribution < 1.29 is 22.6 Å². The second-order valence-electron chi connectivity index (χ2n) is 6.85. The van der Waals surface area contributed by atoms with Crippen LogP contribution in [0.4, 0.5) is 0 Å². The van der Waals surface area contributed by atoms with E-state index in [4.69, 9.17) is 14.2 Å². The van der Waals surface area contributed by atoms with E-state index in [0.717, 1.165) is 30.6 Å². The first-order valence-electron chi connectivity index (χ1n) is 9.35. The van der Waals surface area contributed by atoms with Crippen molar-refractivity contribution in [1.29, 1.82) is 0 Å². The van der Waals surface area contributed by atoms with Gasteiger partial charge in [-0.15, -0.1) is 0 Å². The van der Waals surface area contributed by atoms with Crippen molar-refractivity contribution in [3.63, 3.8) is 0 Å². The van der Waals surface area contributed by atoms with E-state index in [1.807, 2.05) is 24.3 Å². The molecule has 3 rings (SSSR count). The van der Waals surface area contributed by atoms with E-state index in [9.17, 15) is 8.42 Å². The highest BCUT2D eigenvalue weighted by atomic mass is 32.2. The minimum Gasteiger partial charge on any atom is -0.497 e. The van der Waals surface area contributed by atoms with E-state index >= 15 is 0 Å². The fourth-order valence-electron chi connectivity index (χ4n) is 3.60. The minimum absolute atomic E-state index is 0.156. The van der Waals surface area contributed by atoms with Crippen LogP contribution in [0.3, 0.4) is 0 Å². The third-order valence-electron chi connectivity index (χ3n) is 5.21. The fourth-order valence-corrected chi connectivity index (χ4v) is 5.14. The molecule has 2 aromatic rings. The van der Waals surface area contributed by atoms with Crippen molar-refractivity contribution in [3.8, 4) is 17.2 Å². The van der Waals surface area contributed by atoms with Crippen molar-refractivity contribution in [2.45, 2.75) is 30.1 Å². The highest BCUT2D eigenvalue weighted by Crippen LogP contribution is 2.33. The summed E-state index contributed by atoms with van der Waals surface area (Å²) in [7, 11) is 1.04. The first-order valence-corrected chi connectivity index (χ1v) is 10.8. The Morgan fingerprint density at radius 3 is 2.25 bits per heavy atom. The molecule has 0 N–H and O–H groups in total. The number of rotatable bonds is 6. The quantitative estimate of drug-likeness (QED) is 0.734. The van der Waals surface area contributed by atoms with E-state index < -0.39 is 10.0 Å². The summed E-state index contributed by atoms with van der Waals surface area (Å²) in [6.45, 7) is 0.979. The second-order valence-corrected chi connectivity index (χ2v) is 8.78. The lowest BCUT2D eigenvalue weighted by atomic mass is 9.94. The molecule has 0 aromatic heterocycles. The molecule has 1 unspecified atom stereocenters. The third kappa shape index (κ3) is 4.25. The smallest absolute Gasteiger partial charge is 0.243 e. The zero-order valence-corrected chi connectivity index (χ0v) is 17.4. The summed E-state index contributed by atoms with van der Waals surface area (Å²) in [5.41, 5.74) is 1.13. The number of methoxy groups -OCH3 is 3. The lowest BCUT2D eigenvalue weighted by Crippen LogP contribution is -2.34. The highest BCUT2D eigenvalue weighted by Gasteiger charge is 2.30. The van der Waals surface area contributed by atoms with Crippen LogP contribution in [0.2, 0.25) is 0 Å². The van der Waals surface area contributed by atoms with Gasteiger partial charge in [0.2, 0.25) is 10.0 Å². The van der Waals surface area contributed by atoms with Crippen molar-refractivity contribution >= 4 is 10.0 Å². The molecule has 1 aliphatic heterocycles. The summed E-state index contributed by atoms with van der Waals surface area (Å²) < 4.78 is 43.9. The first-order chi connectivity index (χ1) is 13.5. The van der Waals surface area contributed by atoms with Gasteiger partial charge in [-0.2, -0.15) is 4.31 Å². The Labute approximate surface area is 167 Å². The molecule has 0 saturated carbocycles. The molecule has 0 bridgehead atoms. The van der Waals surface area contributed by atoms with Gasteiger partial charge in [0.1, 0.15) is 5.75 Å². The van der Waals surface area contributed by atoms with Crippen LogP contribution in [0.25, 0.3) is 0 Å². The van der Waals surface area contributed by atoms with Gasteiger partial charge >= 0.3 is 0 Å². The molecule has 28 heavy (non-hydrogen) atoms. The van der Waals surface area contributed by atoms with Gasteiger partial charge in [0, 0.05) is 19.2 Å². The number of hydrogen-bond donors (Lipinski definition) is 0. The Balaban J connectivity index is 1.87. The number of nitrogens with zero attached hydrogens (tertiary/aromatic N) is 1. The molecule has 1 heterocycles. The van der Waals surface area contributed by atoms with E-state index in [1.165, 1.54) is 20.3 Å². The normalized spacial score (nSPS) is 18.3. The third-order valence-corrected chi connectivity index (χ3v) is 7.08. The monoisotopic (exact) mass is 405 g/mol. The predicted octanol–water partition coefficient (Wildman–Crippen LogP) is 3.67. The van der Waals surface area contributed by atoms with Crippen LogP contribution in [-0.2, 0) is 10.0 Å². The second kappa shape index (κ2) is 8.84. The summed E-state index contributed by atoms with van der Waals surface area (Å²) in [4.78, 5) is 0.223. The number of benzene rings is 2. The zero-order chi connectivity index (χ0) is 20.1. The summed E-state index contributed by atoms with van der Waals surface area (Å²) in [6.07, 6.45) is 2.80. The summed E-state index contributed by atoms with van der Waals surface area (Å²) in [5.74, 6) is 1.87. The molecule has 0 amide bonds. The summed E-state index contributed by atoms with van der Waals surface area (Å²) in [5, 5.41) is 0. The number of hydrogen-bond acceptors (Lipinski definition) is 5. The predicted molar refractivity (Wildman–Crippen MR) is 108 cm³/mol. The molecule has 2 aromatic carbocycles. The van der Waals surface area contributed by atoms with Gasteiger partial charge < -0.3 is 14.2 Å². The first kappa shape index (κ1) is 20.5. The Morgan fingerprint density at radius 2 is 1.61 bits per heavy atom. The van der Waals surface area contributed by atoms with Crippen LogP contribution in [-0.4, -0.2) is 47.1 Å². The van der Waals surface area contributed by atoms with Gasteiger partial charge in [0.25, 0.3) is 0 Å². The minimum atomic E-state index is -3.62. The van der Waals surface area contributed by atoms with Crippen LogP contribution in [0.5, 0.6) is 17.2 Å². The molecular weight excluding hydrogens is 378 g/mol. The lowest BCUT2D eigenvalue weighted by molar-refractivity contribution is 0.353. The zero-order valence-electron chi connectivity index (χ0n) is 16.6. The maximum atomic E-state index is 13.3. The van der Waals surface area contributed by atoms with Crippen LogP contribution >= 0.6 is 0 Å². The summed E-state index contributed by atoms with van der Waals surface area (Å²) >= 11 is 0. The summed E-state index contributed by atoms with van der Waals surface area (Å²) in [6, 6.07) is 12.6. The van der Waals surface area contributed by atoms with Crippen molar-refractivity contribution in [1.82, 2.24) is 4.31 Å². The molecule has 0 radical (unpaired) electrons. The SMILES string of the molecule is COc1ccc(C2CCCCN(S(=O)(=O)c3ccc(OC)c(OC)c3)C2)cc1. The van der Waals surface area contributed by atoms with E-state index in [2.05, 4.69) is 0 Å². The molecular formula is C21H27NO5S. The molecule has 6 nitrogen and oxygen atoms in total. The molecule has 7 heteroatoms. The maximum Gasteiger partial charge on any atom is 0.243 e. The molecule has 0 aliphatic carbocycles. The Morgan fingerprint density at radius 1 is 0.893 bits per heavy atom. The molecule has 1 fully saturated rings. The lowest BCUT2D eigenvalue weighted by Gasteiger charge is -2.24. The number of sulfonamides is 1. The standard InChI is InChI=1S/C21H27NO5S/c1-25-18-9-7-16(8-10-18)17-6-4-5-13-22(15-17)28(23,24)19-11-12-20(26-2)21(14-19)27-3/h7-12,14,17H,4-6,13,15H2,1-3H3. The Bertz CT molecular complexity index is 896. The average molecular weight is 406 g/mol. The fraction of sp³-hybridized carbons (Fsp3) is 0.429. The van der Waals surface area contributed by atoms with Crippen LogP contribution < -0.4 is 14.2 Å².